The first-order chi connectivity index (χ1) is 13.9. The van der Waals surface area contributed by atoms with Crippen molar-refractivity contribution in [3.8, 4) is 0 Å². The van der Waals surface area contributed by atoms with E-state index in [4.69, 9.17) is 14.2 Å². The number of epoxide rings is 1. The zero-order chi connectivity index (χ0) is 20.6. The van der Waals surface area contributed by atoms with Crippen LogP contribution in [0.1, 0.15) is 32.6 Å². The molecule has 0 bridgehead atoms. The van der Waals surface area contributed by atoms with Gasteiger partial charge < -0.3 is 19.1 Å². The Morgan fingerprint density at radius 2 is 2.28 bits per heavy atom. The van der Waals surface area contributed by atoms with Gasteiger partial charge >= 0.3 is 12.1 Å². The summed E-state index contributed by atoms with van der Waals surface area (Å²) < 4.78 is 18.6. The summed E-state index contributed by atoms with van der Waals surface area (Å²) in [5.41, 5.74) is 0.825. The second-order valence-electron chi connectivity index (χ2n) is 8.75. The minimum Gasteiger partial charge on any atom is -0.459 e. The second kappa shape index (κ2) is 7.91. The maximum atomic E-state index is 12.6. The summed E-state index contributed by atoms with van der Waals surface area (Å²) in [5, 5.41) is 0. The van der Waals surface area contributed by atoms with Crippen LogP contribution < -0.4 is 0 Å². The molecule has 0 spiro atoms. The zero-order valence-electron chi connectivity index (χ0n) is 17.2. The fraction of sp³-hybridized carbons (Fsp3) is 0.667. The minimum atomic E-state index is -0.444. The van der Waals surface area contributed by atoms with Gasteiger partial charge in [-0.3, -0.25) is 4.79 Å². The molecule has 3 aliphatic rings. The summed E-state index contributed by atoms with van der Waals surface area (Å²) in [5.74, 6) is -0.178. The fourth-order valence-corrected chi connectivity index (χ4v) is 4.58. The van der Waals surface area contributed by atoms with Crippen molar-refractivity contribution in [1.82, 2.24) is 14.5 Å². The van der Waals surface area contributed by atoms with Crippen LogP contribution in [0.15, 0.2) is 30.4 Å². The number of aromatic nitrogens is 2. The van der Waals surface area contributed by atoms with Crippen LogP contribution in [0.4, 0.5) is 4.79 Å². The summed E-state index contributed by atoms with van der Waals surface area (Å²) in [6, 6.07) is 0. The van der Waals surface area contributed by atoms with Gasteiger partial charge in [0, 0.05) is 24.9 Å². The lowest BCUT2D eigenvalue weighted by molar-refractivity contribution is -0.145. The van der Waals surface area contributed by atoms with Crippen molar-refractivity contribution in [2.24, 2.45) is 11.8 Å². The molecule has 8 heteroatoms. The van der Waals surface area contributed by atoms with Gasteiger partial charge in [-0.1, -0.05) is 6.08 Å². The molecule has 0 radical (unpaired) electrons. The molecule has 8 nitrogen and oxygen atoms in total. The Hall–Kier alpha value is -2.19. The lowest BCUT2D eigenvalue weighted by Gasteiger charge is -2.24. The van der Waals surface area contributed by atoms with Crippen molar-refractivity contribution in [3.63, 3.8) is 0 Å². The number of fused-ring (bicyclic) bond motifs is 3. The highest BCUT2D eigenvalue weighted by Crippen LogP contribution is 2.50. The zero-order valence-corrected chi connectivity index (χ0v) is 17.2. The number of hydrogen-bond acceptors (Lipinski definition) is 7. The predicted octanol–water partition coefficient (Wildman–Crippen LogP) is 2.25. The summed E-state index contributed by atoms with van der Waals surface area (Å²) >= 11 is 0. The Kier molecular flexibility index (Phi) is 5.48. The molecular weight excluding hydrogens is 374 g/mol. The number of nitrogens with zero attached hydrogens (tertiary/aromatic N) is 3. The van der Waals surface area contributed by atoms with Crippen molar-refractivity contribution >= 4 is 12.1 Å². The smallest absolute Gasteiger partial charge is 0.419 e. The SMILES string of the molecule is CN(C)CC1C(=O)O[C@H]2[C@H]1CC/C(COC(=O)n1ccnc1)=C\CC[C@@]1(C)O[C@@H]21. The molecule has 5 atom stereocenters. The standard InChI is InChI=1S/C21H29N3O5/c1-21-8-4-5-14(12-27-20(26)24-10-9-22-13-24)6-7-15-16(11-23(2)3)19(25)28-17(15)18(21)29-21/h5,9-10,13,15-18H,4,6-8,11-12H2,1-3H3/b14-5+/t15-,16?,17-,18-,21+/m0/s1. The van der Waals surface area contributed by atoms with Crippen LogP contribution in [0.25, 0.3) is 0 Å². The molecule has 1 unspecified atom stereocenters. The van der Waals surface area contributed by atoms with Gasteiger partial charge in [0.2, 0.25) is 0 Å². The molecule has 1 aliphatic carbocycles. The van der Waals surface area contributed by atoms with Crippen LogP contribution in [-0.4, -0.2) is 71.6 Å². The number of carbonyl (C=O) groups excluding carboxylic acids is 2. The van der Waals surface area contributed by atoms with E-state index in [1.807, 2.05) is 19.0 Å². The maximum Gasteiger partial charge on any atom is 0.419 e. The molecule has 3 heterocycles. The summed E-state index contributed by atoms with van der Waals surface area (Å²) in [6.45, 7) is 3.00. The first kappa shape index (κ1) is 20.1. The Labute approximate surface area is 170 Å². The van der Waals surface area contributed by atoms with Crippen molar-refractivity contribution in [2.75, 3.05) is 27.2 Å². The third-order valence-corrected chi connectivity index (χ3v) is 6.26. The molecule has 0 amide bonds. The number of esters is 1. The predicted molar refractivity (Wildman–Crippen MR) is 104 cm³/mol. The Bertz CT molecular complexity index is 790. The summed E-state index contributed by atoms with van der Waals surface area (Å²) in [6.07, 6.45) is 9.31. The van der Waals surface area contributed by atoms with Crippen molar-refractivity contribution < 1.29 is 23.8 Å². The molecular formula is C21H29N3O5. The highest BCUT2D eigenvalue weighted by molar-refractivity contribution is 5.76. The molecule has 1 aromatic rings. The second-order valence-corrected chi connectivity index (χ2v) is 8.75. The highest BCUT2D eigenvalue weighted by atomic mass is 16.6. The molecule has 1 aromatic heterocycles. The van der Waals surface area contributed by atoms with Crippen LogP contribution in [0.2, 0.25) is 0 Å². The summed E-state index contributed by atoms with van der Waals surface area (Å²) in [7, 11) is 3.94. The van der Waals surface area contributed by atoms with E-state index in [-0.39, 0.29) is 42.2 Å². The average Bonchev–Trinajstić information content (AvgIpc) is 3.00. The van der Waals surface area contributed by atoms with Crippen LogP contribution in [0.3, 0.4) is 0 Å². The first-order valence-electron chi connectivity index (χ1n) is 10.2. The van der Waals surface area contributed by atoms with E-state index in [0.29, 0.717) is 6.54 Å². The molecule has 0 saturated carbocycles. The van der Waals surface area contributed by atoms with Gasteiger partial charge in [-0.05, 0) is 52.3 Å². The van der Waals surface area contributed by atoms with Gasteiger partial charge in [-0.15, -0.1) is 0 Å². The van der Waals surface area contributed by atoms with Gasteiger partial charge in [0.05, 0.1) is 11.5 Å². The van der Waals surface area contributed by atoms with Crippen LogP contribution in [0.5, 0.6) is 0 Å². The van der Waals surface area contributed by atoms with Crippen molar-refractivity contribution in [2.45, 2.75) is 50.4 Å². The van der Waals surface area contributed by atoms with E-state index >= 15 is 0 Å². The number of hydrogen-bond donors (Lipinski definition) is 0. The Morgan fingerprint density at radius 3 is 3.00 bits per heavy atom. The maximum absolute atomic E-state index is 12.6. The number of rotatable bonds is 4. The lowest BCUT2D eigenvalue weighted by atomic mass is 9.80. The molecule has 0 N–H and O–H groups in total. The van der Waals surface area contributed by atoms with Crippen molar-refractivity contribution in [3.05, 3.63) is 30.4 Å². The Balaban J connectivity index is 1.47. The third-order valence-electron chi connectivity index (χ3n) is 6.26. The quantitative estimate of drug-likeness (QED) is 0.433. The first-order valence-corrected chi connectivity index (χ1v) is 10.2. The third kappa shape index (κ3) is 4.23. The van der Waals surface area contributed by atoms with Crippen molar-refractivity contribution in [1.29, 1.82) is 0 Å². The van der Waals surface area contributed by atoms with Gasteiger partial charge in [0.1, 0.15) is 25.1 Å². The van der Waals surface area contributed by atoms with E-state index in [2.05, 4.69) is 18.0 Å². The van der Waals surface area contributed by atoms with Gasteiger partial charge in [0.15, 0.2) is 0 Å². The monoisotopic (exact) mass is 403 g/mol. The summed E-state index contributed by atoms with van der Waals surface area (Å²) in [4.78, 5) is 30.6. The molecule has 29 heavy (non-hydrogen) atoms. The largest absolute Gasteiger partial charge is 0.459 e. The molecule has 2 aliphatic heterocycles. The van der Waals surface area contributed by atoms with Crippen LogP contribution in [0, 0.1) is 11.8 Å². The van der Waals surface area contributed by atoms with Gasteiger partial charge in [-0.25, -0.2) is 14.3 Å². The minimum absolute atomic E-state index is 0.0161. The highest BCUT2D eigenvalue weighted by Gasteiger charge is 2.62. The number of allylic oxidation sites excluding steroid dienone is 1. The van der Waals surface area contributed by atoms with E-state index in [9.17, 15) is 9.59 Å². The van der Waals surface area contributed by atoms with E-state index in [0.717, 1.165) is 31.3 Å². The van der Waals surface area contributed by atoms with E-state index in [1.165, 1.54) is 10.9 Å². The topological polar surface area (TPSA) is 86.2 Å². The van der Waals surface area contributed by atoms with Gasteiger partial charge in [0.25, 0.3) is 0 Å². The number of ether oxygens (including phenoxy) is 3. The molecule has 2 fully saturated rings. The number of imidazole rings is 1. The molecule has 4 rings (SSSR count). The normalized spacial score (nSPS) is 35.9. The van der Waals surface area contributed by atoms with E-state index < -0.39 is 6.09 Å². The molecule has 0 aromatic carbocycles. The average molecular weight is 403 g/mol. The van der Waals surface area contributed by atoms with Gasteiger partial charge in [-0.2, -0.15) is 0 Å². The lowest BCUT2D eigenvalue weighted by Crippen LogP contribution is -2.34. The van der Waals surface area contributed by atoms with E-state index in [1.54, 1.807) is 12.4 Å². The van der Waals surface area contributed by atoms with Crippen LogP contribution in [-0.2, 0) is 19.0 Å². The van der Waals surface area contributed by atoms with Crippen LogP contribution >= 0.6 is 0 Å². The molecule has 2 saturated heterocycles. The molecule has 158 valence electrons. The fourth-order valence-electron chi connectivity index (χ4n) is 4.58. The Morgan fingerprint density at radius 1 is 1.45 bits per heavy atom. The number of carbonyl (C=O) groups is 2.